The van der Waals surface area contributed by atoms with Crippen molar-refractivity contribution in [3.8, 4) is 0 Å². The van der Waals surface area contributed by atoms with Crippen LogP contribution in [-0.2, 0) is 4.79 Å². The topological polar surface area (TPSA) is 32.3 Å². The van der Waals surface area contributed by atoms with Crippen LogP contribution < -0.4 is 5.32 Å². The molecule has 3 nitrogen and oxygen atoms in total. The van der Waals surface area contributed by atoms with Crippen LogP contribution in [0.15, 0.2) is 24.3 Å². The van der Waals surface area contributed by atoms with Crippen molar-refractivity contribution in [3.63, 3.8) is 0 Å². The van der Waals surface area contributed by atoms with Gasteiger partial charge < -0.3 is 10.2 Å². The maximum absolute atomic E-state index is 11.5. The lowest BCUT2D eigenvalue weighted by Crippen LogP contribution is -2.42. The van der Waals surface area contributed by atoms with E-state index in [4.69, 9.17) is 0 Å². The number of para-hydroxylation sites is 1. The number of carbonyl (C=O) groups excluding carboxylic acids is 1. The molecule has 1 saturated heterocycles. The van der Waals surface area contributed by atoms with Gasteiger partial charge in [-0.05, 0) is 36.3 Å². The second kappa shape index (κ2) is 5.12. The molecule has 0 aromatic heterocycles. The molecule has 2 bridgehead atoms. The summed E-state index contributed by atoms with van der Waals surface area (Å²) in [6.45, 7) is 7.09. The van der Waals surface area contributed by atoms with Crippen LogP contribution in [0.25, 0.3) is 0 Å². The average Bonchev–Trinajstić information content (AvgIpc) is 2.98. The molecule has 1 aliphatic heterocycles. The highest BCUT2D eigenvalue weighted by Gasteiger charge is 2.45. The number of hydrogen-bond donors (Lipinski definition) is 1. The van der Waals surface area contributed by atoms with E-state index in [-0.39, 0.29) is 5.91 Å². The molecule has 1 saturated carbocycles. The van der Waals surface area contributed by atoms with Crippen molar-refractivity contribution in [3.05, 3.63) is 29.8 Å². The fraction of sp³-hybridized carbons (Fsp3) is 0.588. The summed E-state index contributed by atoms with van der Waals surface area (Å²) < 4.78 is 0. The van der Waals surface area contributed by atoms with Gasteiger partial charge >= 0.3 is 0 Å². The molecule has 0 unspecified atom stereocenters. The molecule has 108 valence electrons. The summed E-state index contributed by atoms with van der Waals surface area (Å²) in [5.41, 5.74) is 2.66. The number of anilines is 1. The fourth-order valence-corrected chi connectivity index (χ4v) is 3.85. The zero-order valence-electron chi connectivity index (χ0n) is 12.6. The van der Waals surface area contributed by atoms with E-state index in [2.05, 4.69) is 48.3 Å². The van der Waals surface area contributed by atoms with E-state index >= 15 is 0 Å². The molecule has 1 N–H and O–H groups in total. The van der Waals surface area contributed by atoms with E-state index in [0.29, 0.717) is 23.9 Å². The first kappa shape index (κ1) is 13.5. The van der Waals surface area contributed by atoms with Crippen LogP contribution in [0.2, 0.25) is 0 Å². The summed E-state index contributed by atoms with van der Waals surface area (Å²) in [7, 11) is 0. The van der Waals surface area contributed by atoms with Crippen LogP contribution in [0, 0.1) is 5.92 Å². The highest BCUT2D eigenvalue weighted by molar-refractivity contribution is 5.74. The highest BCUT2D eigenvalue weighted by atomic mass is 16.2. The van der Waals surface area contributed by atoms with Crippen molar-refractivity contribution in [1.82, 2.24) is 4.90 Å². The Hall–Kier alpha value is -1.51. The lowest BCUT2D eigenvalue weighted by Gasteiger charge is -2.32. The Kier molecular flexibility index (Phi) is 3.45. The summed E-state index contributed by atoms with van der Waals surface area (Å²) in [4.78, 5) is 13.6. The Bertz CT molecular complexity index is 511. The van der Waals surface area contributed by atoms with Gasteiger partial charge in [-0.25, -0.2) is 0 Å². The Balaban J connectivity index is 1.71. The van der Waals surface area contributed by atoms with Crippen LogP contribution >= 0.6 is 0 Å². The van der Waals surface area contributed by atoms with Gasteiger partial charge in [0.05, 0.1) is 0 Å². The molecule has 3 heteroatoms. The third-order valence-corrected chi connectivity index (χ3v) is 4.87. The quantitative estimate of drug-likeness (QED) is 0.916. The molecule has 1 heterocycles. The molecular formula is C17H24N2O. The van der Waals surface area contributed by atoms with Crippen LogP contribution in [0.5, 0.6) is 0 Å². The van der Waals surface area contributed by atoms with E-state index in [1.165, 1.54) is 17.7 Å². The van der Waals surface area contributed by atoms with Crippen LogP contribution in [0.1, 0.15) is 45.1 Å². The number of likely N-dealkylation sites (tertiary alicyclic amines) is 1. The number of nitrogens with one attached hydrogen (secondary N) is 1. The van der Waals surface area contributed by atoms with Crippen LogP contribution in [0.4, 0.5) is 5.69 Å². The summed E-state index contributed by atoms with van der Waals surface area (Å²) >= 11 is 0. The van der Waals surface area contributed by atoms with Crippen molar-refractivity contribution >= 4 is 11.6 Å². The fourth-order valence-electron chi connectivity index (χ4n) is 3.85. The van der Waals surface area contributed by atoms with E-state index in [1.54, 1.807) is 6.92 Å². The van der Waals surface area contributed by atoms with Crippen LogP contribution in [0.3, 0.4) is 0 Å². The van der Waals surface area contributed by atoms with Gasteiger partial charge in [0, 0.05) is 31.2 Å². The molecule has 3 rings (SSSR count). The van der Waals surface area contributed by atoms with Crippen molar-refractivity contribution in [2.75, 3.05) is 11.9 Å². The predicted molar refractivity (Wildman–Crippen MR) is 81.8 cm³/mol. The molecule has 2 aliphatic rings. The molecular weight excluding hydrogens is 248 g/mol. The second-order valence-corrected chi connectivity index (χ2v) is 6.55. The zero-order valence-corrected chi connectivity index (χ0v) is 12.6. The number of nitrogens with zero attached hydrogens (tertiary/aromatic N) is 1. The van der Waals surface area contributed by atoms with Gasteiger partial charge in [-0.2, -0.15) is 0 Å². The molecule has 1 aromatic carbocycles. The van der Waals surface area contributed by atoms with Gasteiger partial charge in [0.2, 0.25) is 5.91 Å². The maximum atomic E-state index is 11.5. The molecule has 3 atom stereocenters. The summed E-state index contributed by atoms with van der Waals surface area (Å²) in [6, 6.07) is 9.59. The molecule has 0 spiro atoms. The van der Waals surface area contributed by atoms with Gasteiger partial charge in [-0.15, -0.1) is 0 Å². The molecule has 2 fully saturated rings. The first-order valence-corrected chi connectivity index (χ1v) is 7.69. The van der Waals surface area contributed by atoms with E-state index in [1.807, 2.05) is 0 Å². The van der Waals surface area contributed by atoms with Crippen molar-refractivity contribution < 1.29 is 4.79 Å². The number of benzene rings is 1. The van der Waals surface area contributed by atoms with Crippen molar-refractivity contribution in [2.45, 2.75) is 51.6 Å². The molecule has 1 amide bonds. The first-order chi connectivity index (χ1) is 9.56. The normalized spacial score (nSPS) is 28.2. The van der Waals surface area contributed by atoms with Gasteiger partial charge in [0.1, 0.15) is 0 Å². The molecule has 1 aliphatic carbocycles. The highest BCUT2D eigenvalue weighted by Crippen LogP contribution is 2.40. The molecule has 20 heavy (non-hydrogen) atoms. The van der Waals surface area contributed by atoms with Crippen LogP contribution in [-0.4, -0.2) is 29.4 Å². The SMILES string of the molecule is CC(=O)N1C[C@H]2C[C@@H]1C[C@H]2Nc1ccccc1C(C)C. The minimum atomic E-state index is 0.235. The smallest absolute Gasteiger partial charge is 0.219 e. The van der Waals surface area contributed by atoms with E-state index in [9.17, 15) is 4.79 Å². The average molecular weight is 272 g/mol. The monoisotopic (exact) mass is 272 g/mol. The second-order valence-electron chi connectivity index (χ2n) is 6.55. The number of fused-ring (bicyclic) bond motifs is 2. The number of amides is 1. The molecule has 0 radical (unpaired) electrons. The maximum Gasteiger partial charge on any atom is 0.219 e. The summed E-state index contributed by atoms with van der Waals surface area (Å²) in [6.07, 6.45) is 2.26. The van der Waals surface area contributed by atoms with E-state index < -0.39 is 0 Å². The number of rotatable bonds is 3. The van der Waals surface area contributed by atoms with Crippen molar-refractivity contribution in [2.24, 2.45) is 5.92 Å². The van der Waals surface area contributed by atoms with Gasteiger partial charge in [-0.3, -0.25) is 4.79 Å². The number of hydrogen-bond acceptors (Lipinski definition) is 2. The van der Waals surface area contributed by atoms with E-state index in [0.717, 1.165) is 13.0 Å². The van der Waals surface area contributed by atoms with Gasteiger partial charge in [0.15, 0.2) is 0 Å². The standard InChI is InChI=1S/C17H24N2O/c1-11(2)15-6-4-5-7-16(15)18-17-9-14-8-13(17)10-19(14)12(3)20/h4-7,11,13-14,17-18H,8-10H2,1-3H3/t13-,14-,17-/m1/s1. The first-order valence-electron chi connectivity index (χ1n) is 7.69. The minimum Gasteiger partial charge on any atom is -0.382 e. The molecule has 1 aromatic rings. The Labute approximate surface area is 121 Å². The Morgan fingerprint density at radius 3 is 2.65 bits per heavy atom. The number of carbonyl (C=O) groups is 1. The summed E-state index contributed by atoms with van der Waals surface area (Å²) in [5.74, 6) is 1.38. The largest absolute Gasteiger partial charge is 0.382 e. The van der Waals surface area contributed by atoms with Gasteiger partial charge in [-0.1, -0.05) is 32.0 Å². The minimum absolute atomic E-state index is 0.235. The zero-order chi connectivity index (χ0) is 14.3. The lowest BCUT2D eigenvalue weighted by atomic mass is 9.98. The Morgan fingerprint density at radius 1 is 1.30 bits per heavy atom. The number of piperidine rings is 1. The lowest BCUT2D eigenvalue weighted by molar-refractivity contribution is -0.130. The predicted octanol–water partition coefficient (Wildman–Crippen LogP) is 3.23. The third kappa shape index (κ3) is 2.30. The van der Waals surface area contributed by atoms with Gasteiger partial charge in [0.25, 0.3) is 0 Å². The summed E-state index contributed by atoms with van der Waals surface area (Å²) in [5, 5.41) is 3.74. The third-order valence-electron chi connectivity index (χ3n) is 4.87. The van der Waals surface area contributed by atoms with Crippen molar-refractivity contribution in [1.29, 1.82) is 0 Å². The Morgan fingerprint density at radius 2 is 2.05 bits per heavy atom.